The molecule has 194 valence electrons. The van der Waals surface area contributed by atoms with E-state index in [0.29, 0.717) is 0 Å². The minimum absolute atomic E-state index is 0.145. The third-order valence-electron chi connectivity index (χ3n) is 4.14. The molecule has 6 atom stereocenters. The van der Waals surface area contributed by atoms with Gasteiger partial charge in [-0.2, -0.15) is 13.6 Å². The van der Waals surface area contributed by atoms with Crippen molar-refractivity contribution in [3.8, 4) is 11.3 Å². The van der Waals surface area contributed by atoms with E-state index in [0.717, 1.165) is 16.8 Å². The summed E-state index contributed by atoms with van der Waals surface area (Å²) in [5, 5.41) is 12.1. The van der Waals surface area contributed by atoms with Crippen molar-refractivity contribution in [2.75, 3.05) is 12.3 Å². The van der Waals surface area contributed by atoms with Gasteiger partial charge in [0.15, 0.2) is 11.9 Å². The van der Waals surface area contributed by atoms with Gasteiger partial charge in [-0.05, 0) is 23.6 Å². The van der Waals surface area contributed by atoms with E-state index in [4.69, 9.17) is 34.6 Å². The monoisotopic (exact) mass is 584 g/mol. The first-order valence-electron chi connectivity index (χ1n) is 9.57. The summed E-state index contributed by atoms with van der Waals surface area (Å²) < 4.78 is 83.1. The molecule has 2 aromatic heterocycles. The largest absolute Gasteiger partial charge is 0.490 e. The first-order chi connectivity index (χ1) is 16.7. The van der Waals surface area contributed by atoms with Gasteiger partial charge in [0.1, 0.15) is 12.2 Å². The number of nitrogens with zero attached hydrogens (tertiary/aromatic N) is 2. The molecule has 1 aliphatic heterocycles. The average molecular weight is 585 g/mol. The van der Waals surface area contributed by atoms with Gasteiger partial charge in [-0.25, -0.2) is 18.1 Å². The highest BCUT2D eigenvalue weighted by molar-refractivity contribution is 7.66. The van der Waals surface area contributed by atoms with Crippen molar-refractivity contribution in [3.05, 3.63) is 22.6 Å². The Morgan fingerprint density at radius 2 is 2.00 bits per heavy atom. The number of alkyl halides is 1. The molecule has 3 unspecified atom stereocenters. The van der Waals surface area contributed by atoms with E-state index in [2.05, 4.69) is 23.1 Å². The first kappa shape index (κ1) is 25.0. The molecule has 22 heteroatoms. The Bertz CT molecular complexity index is 1490. The summed E-state index contributed by atoms with van der Waals surface area (Å²) in [4.78, 5) is 54.1. The Morgan fingerprint density at radius 1 is 1.34 bits per heavy atom. The maximum atomic E-state index is 16.0. The number of anilines is 1. The number of phosphoric acid groups is 3. The summed E-state index contributed by atoms with van der Waals surface area (Å²) in [5.74, 6) is 1.35. The molecule has 1 fully saturated rings. The van der Waals surface area contributed by atoms with E-state index in [1.807, 2.05) is 0 Å². The summed E-state index contributed by atoms with van der Waals surface area (Å²) in [6, 6.07) is 1.14. The SMILES string of the molecule is [2H]C([2H])(OP(=O)(O)OP(=O)(O)OP(=O)(O)O)[C@H]1O[C@@H](n2ccc3c(=O)[nH]c(N)nc32)C(F)(C#CCl)[C@H]1O. The maximum Gasteiger partial charge on any atom is 0.490 e. The highest BCUT2D eigenvalue weighted by atomic mass is 35.5. The Morgan fingerprint density at radius 3 is 2.60 bits per heavy atom. The first-order valence-corrected chi connectivity index (χ1v) is 13.5. The van der Waals surface area contributed by atoms with Crippen LogP contribution in [0.2, 0.25) is 0 Å². The van der Waals surface area contributed by atoms with Crippen molar-refractivity contribution in [2.45, 2.75) is 24.1 Å². The molecule has 1 aliphatic rings. The molecule has 35 heavy (non-hydrogen) atoms. The predicted molar refractivity (Wildman–Crippen MR) is 112 cm³/mol. The minimum Gasteiger partial charge on any atom is -0.386 e. The number of fused-ring (bicyclic) bond motifs is 1. The molecular formula is C13H15ClFN4O13P3. The maximum absolute atomic E-state index is 16.0. The van der Waals surface area contributed by atoms with Gasteiger partial charge in [0.25, 0.3) is 5.56 Å². The van der Waals surface area contributed by atoms with Crippen molar-refractivity contribution >= 4 is 52.1 Å². The molecular weight excluding hydrogens is 568 g/mol. The van der Waals surface area contributed by atoms with Gasteiger partial charge in [-0.3, -0.25) is 14.3 Å². The van der Waals surface area contributed by atoms with Crippen LogP contribution in [0.25, 0.3) is 11.0 Å². The van der Waals surface area contributed by atoms with E-state index in [1.54, 1.807) is 11.3 Å². The molecule has 0 spiro atoms. The number of H-pyrrole nitrogens is 1. The van der Waals surface area contributed by atoms with E-state index in [-0.39, 0.29) is 11.0 Å². The third kappa shape index (κ3) is 6.19. The van der Waals surface area contributed by atoms with Gasteiger partial charge >= 0.3 is 23.5 Å². The molecule has 1 saturated heterocycles. The summed E-state index contributed by atoms with van der Waals surface area (Å²) in [6.45, 7) is -3.75. The average Bonchev–Trinajstić information content (AvgIpc) is 3.18. The summed E-state index contributed by atoms with van der Waals surface area (Å²) >= 11 is 5.29. The number of nitrogens with two attached hydrogens (primary N) is 1. The van der Waals surface area contributed by atoms with Crippen molar-refractivity contribution in [3.63, 3.8) is 0 Å². The number of aliphatic hydroxyl groups excluding tert-OH is 1. The van der Waals surface area contributed by atoms with Crippen molar-refractivity contribution in [1.29, 1.82) is 0 Å². The van der Waals surface area contributed by atoms with Crippen LogP contribution in [0.1, 0.15) is 8.97 Å². The third-order valence-corrected chi connectivity index (χ3v) is 7.90. The number of aliphatic hydroxyl groups is 1. The molecule has 3 heterocycles. The molecule has 2 aromatic rings. The van der Waals surface area contributed by atoms with E-state index in [1.165, 1.54) is 0 Å². The van der Waals surface area contributed by atoms with Crippen molar-refractivity contribution in [2.24, 2.45) is 0 Å². The number of halogens is 2. The number of rotatable bonds is 8. The van der Waals surface area contributed by atoms with Gasteiger partial charge in [-0.15, -0.1) is 0 Å². The lowest BCUT2D eigenvalue weighted by Crippen LogP contribution is -2.42. The fourth-order valence-electron chi connectivity index (χ4n) is 2.91. The molecule has 0 bridgehead atoms. The Hall–Kier alpha value is -1.67. The van der Waals surface area contributed by atoms with Crippen LogP contribution in [-0.4, -0.2) is 63.7 Å². The van der Waals surface area contributed by atoms with Crippen LogP contribution >= 0.6 is 35.1 Å². The van der Waals surface area contributed by atoms with Crippen molar-refractivity contribution < 1.29 is 63.4 Å². The van der Waals surface area contributed by atoms with E-state index in [9.17, 15) is 33.4 Å². The van der Waals surface area contributed by atoms with Gasteiger partial charge in [0.2, 0.25) is 11.6 Å². The normalized spacial score (nSPS) is 29.5. The molecule has 8 N–H and O–H groups in total. The number of hydrogen-bond acceptors (Lipinski definition) is 11. The second-order valence-corrected chi connectivity index (χ2v) is 11.1. The smallest absolute Gasteiger partial charge is 0.386 e. The molecule has 0 saturated carbocycles. The summed E-state index contributed by atoms with van der Waals surface area (Å²) in [5.41, 5.74) is 1.12. The highest BCUT2D eigenvalue weighted by Gasteiger charge is 2.58. The predicted octanol–water partition coefficient (Wildman–Crippen LogP) is -0.184. The van der Waals surface area contributed by atoms with E-state index >= 15 is 4.39 Å². The van der Waals surface area contributed by atoms with Gasteiger partial charge in [0, 0.05) is 11.6 Å². The van der Waals surface area contributed by atoms with Crippen LogP contribution < -0.4 is 11.3 Å². The number of nitrogens with one attached hydrogen (secondary N) is 1. The molecule has 3 rings (SSSR count). The quantitative estimate of drug-likeness (QED) is 0.157. The summed E-state index contributed by atoms with van der Waals surface area (Å²) in [6.07, 6.45) is -6.34. The van der Waals surface area contributed by atoms with Gasteiger partial charge in [-0.1, -0.05) is 0 Å². The number of aromatic amines is 1. The number of hydrogen-bond donors (Lipinski definition) is 7. The van der Waals surface area contributed by atoms with Crippen LogP contribution in [-0.2, 0) is 31.6 Å². The summed E-state index contributed by atoms with van der Waals surface area (Å²) in [7, 11) is -17.9. The number of ether oxygens (including phenoxy) is 1. The number of phosphoric ester groups is 1. The standard InChI is InChI=1S/C13H15ClFN4O13P3/c14-3-2-13(15)8(20)7(5-29-34(25,26)32-35(27,28)31-33(22,23)24)30-11(13)19-4-1-6-9(19)17-12(16)18-10(6)21/h1,4,7-8,11,20H,5H2,(H,25,26)(H,27,28)(H2,22,23,24)(H3,16,17,18,21)/t7-,8+,11-,13?/m1/s1/i5D2. The van der Waals surface area contributed by atoms with Crippen molar-refractivity contribution in [1.82, 2.24) is 14.5 Å². The van der Waals surface area contributed by atoms with Crippen LogP contribution in [0, 0.1) is 11.3 Å². The lowest BCUT2D eigenvalue weighted by Gasteiger charge is -2.24. The number of nitrogen functional groups attached to an aromatic ring is 1. The topological polar surface area (TPSA) is 266 Å². The second-order valence-electron chi connectivity index (χ2n) is 6.55. The molecule has 0 amide bonds. The molecule has 0 radical (unpaired) electrons. The Kier molecular flexibility index (Phi) is 6.90. The Balaban J connectivity index is 1.99. The second kappa shape index (κ2) is 9.66. The van der Waals surface area contributed by atoms with Crippen LogP contribution in [0.4, 0.5) is 10.3 Å². The fraction of sp³-hybridized carbons (Fsp3) is 0.385. The minimum atomic E-state index is -6.10. The van der Waals surface area contributed by atoms with Gasteiger partial charge < -0.3 is 39.7 Å². The van der Waals surface area contributed by atoms with Crippen LogP contribution in [0.5, 0.6) is 0 Å². The van der Waals surface area contributed by atoms with Crippen LogP contribution in [0.15, 0.2) is 17.1 Å². The zero-order chi connectivity index (χ0) is 28.2. The number of aromatic nitrogens is 3. The zero-order valence-electron chi connectivity index (χ0n) is 18.5. The zero-order valence-corrected chi connectivity index (χ0v) is 19.9. The van der Waals surface area contributed by atoms with E-state index < -0.39 is 65.6 Å². The molecule has 0 aromatic carbocycles. The van der Waals surface area contributed by atoms with Gasteiger partial charge in [0.05, 0.1) is 14.7 Å². The molecule has 17 nitrogen and oxygen atoms in total. The Labute approximate surface area is 200 Å². The highest BCUT2D eigenvalue weighted by Crippen LogP contribution is 2.66. The van der Waals surface area contributed by atoms with Crippen LogP contribution in [0.3, 0.4) is 0 Å². The molecule has 0 aliphatic carbocycles. The lowest BCUT2D eigenvalue weighted by atomic mass is 9.97. The lowest BCUT2D eigenvalue weighted by molar-refractivity contribution is -0.0493. The fourth-order valence-corrected chi connectivity index (χ4v) is 5.93.